The van der Waals surface area contributed by atoms with Gasteiger partial charge in [-0.3, -0.25) is 0 Å². The molecule has 0 atom stereocenters. The van der Waals surface area contributed by atoms with Gasteiger partial charge in [0.2, 0.25) is 0 Å². The van der Waals surface area contributed by atoms with Gasteiger partial charge < -0.3 is 19.0 Å². The van der Waals surface area contributed by atoms with E-state index in [0.717, 1.165) is 87.7 Å². The predicted octanol–water partition coefficient (Wildman–Crippen LogP) is 10.5. The summed E-state index contributed by atoms with van der Waals surface area (Å²) in [5.41, 5.74) is 7.05. The molecule has 0 fully saturated rings. The van der Waals surface area contributed by atoms with Gasteiger partial charge in [-0.25, -0.2) is 0 Å². The fraction of sp³-hybridized carbons (Fsp3) is 0. The molecule has 198 valence electrons. The van der Waals surface area contributed by atoms with Crippen molar-refractivity contribution in [3.8, 4) is 33.8 Å². The van der Waals surface area contributed by atoms with Crippen molar-refractivity contribution < 1.29 is 19.0 Å². The summed E-state index contributed by atoms with van der Waals surface area (Å²) < 4.78 is 13.7. The van der Waals surface area contributed by atoms with E-state index in [0.29, 0.717) is 0 Å². The van der Waals surface area contributed by atoms with Gasteiger partial charge in [-0.15, -0.1) is 0 Å². The topological polar surface area (TPSA) is 66.7 Å². The lowest BCUT2D eigenvalue weighted by molar-refractivity contribution is 0.475. The Hall–Kier alpha value is -5.74. The van der Waals surface area contributed by atoms with Crippen LogP contribution in [-0.4, -0.2) is 10.2 Å². The Morgan fingerprint density at radius 2 is 0.833 bits per heavy atom. The molecule has 9 rings (SSSR count). The highest BCUT2D eigenvalue weighted by molar-refractivity contribution is 6.31. The van der Waals surface area contributed by atoms with Crippen molar-refractivity contribution in [3.63, 3.8) is 0 Å². The van der Waals surface area contributed by atoms with Gasteiger partial charge in [0.25, 0.3) is 0 Å². The summed E-state index contributed by atoms with van der Waals surface area (Å²) in [6.45, 7) is 0. The second-order valence-corrected chi connectivity index (χ2v) is 10.9. The molecular formula is C38H22O4. The zero-order valence-corrected chi connectivity index (χ0v) is 22.3. The zero-order valence-electron chi connectivity index (χ0n) is 22.3. The van der Waals surface area contributed by atoms with Gasteiger partial charge in [-0.1, -0.05) is 72.8 Å². The maximum absolute atomic E-state index is 10.3. The first-order valence-corrected chi connectivity index (χ1v) is 13.9. The van der Waals surface area contributed by atoms with Crippen LogP contribution >= 0.6 is 0 Å². The molecule has 7 aromatic carbocycles. The standard InChI is InChI=1S/C38H22O4/c39-27-13-11-23-19-31-29(17-25(23)15-27)35-33(21-7-3-1-4-8-21)37-36(34(38(35)42-31)22-9-5-2-6-10-22)30-18-26-16-28(40)14-12-24(26)20-32(30)41-37/h1-20,39-40H. The van der Waals surface area contributed by atoms with Crippen LogP contribution < -0.4 is 0 Å². The summed E-state index contributed by atoms with van der Waals surface area (Å²) in [5, 5.41) is 28.2. The first kappa shape index (κ1) is 23.0. The molecular weight excluding hydrogens is 520 g/mol. The van der Waals surface area contributed by atoms with Crippen LogP contribution in [0.25, 0.3) is 87.7 Å². The first-order chi connectivity index (χ1) is 20.6. The van der Waals surface area contributed by atoms with Crippen molar-refractivity contribution in [3.05, 3.63) is 121 Å². The molecule has 0 amide bonds. The van der Waals surface area contributed by atoms with Crippen molar-refractivity contribution in [1.82, 2.24) is 0 Å². The number of aromatic hydroxyl groups is 2. The summed E-state index contributed by atoms with van der Waals surface area (Å²) in [6.07, 6.45) is 0. The third-order valence-electron chi connectivity index (χ3n) is 8.34. The molecule has 42 heavy (non-hydrogen) atoms. The lowest BCUT2D eigenvalue weighted by Crippen LogP contribution is -1.87. The maximum atomic E-state index is 10.3. The zero-order chi connectivity index (χ0) is 27.9. The first-order valence-electron chi connectivity index (χ1n) is 13.9. The van der Waals surface area contributed by atoms with E-state index in [4.69, 9.17) is 8.83 Å². The third kappa shape index (κ3) is 3.23. The van der Waals surface area contributed by atoms with E-state index in [-0.39, 0.29) is 11.5 Å². The maximum Gasteiger partial charge on any atom is 0.144 e. The summed E-state index contributed by atoms with van der Waals surface area (Å²) in [4.78, 5) is 0. The molecule has 0 radical (unpaired) electrons. The molecule has 2 heterocycles. The van der Waals surface area contributed by atoms with E-state index in [1.807, 2.05) is 60.7 Å². The Balaban J connectivity index is 1.57. The molecule has 4 nitrogen and oxygen atoms in total. The molecule has 2 N–H and O–H groups in total. The van der Waals surface area contributed by atoms with E-state index in [2.05, 4.69) is 36.4 Å². The molecule has 0 spiro atoms. The van der Waals surface area contributed by atoms with Gasteiger partial charge >= 0.3 is 0 Å². The molecule has 0 aliphatic rings. The number of phenolic OH excluding ortho intramolecular Hbond substituents is 2. The highest BCUT2D eigenvalue weighted by atomic mass is 16.3. The van der Waals surface area contributed by atoms with Crippen LogP contribution in [0.2, 0.25) is 0 Å². The molecule has 0 unspecified atom stereocenters. The molecule has 0 saturated carbocycles. The number of hydrogen-bond acceptors (Lipinski definition) is 4. The minimum absolute atomic E-state index is 0.223. The summed E-state index contributed by atoms with van der Waals surface area (Å²) in [7, 11) is 0. The van der Waals surface area contributed by atoms with E-state index in [1.165, 1.54) is 0 Å². The summed E-state index contributed by atoms with van der Waals surface area (Å²) >= 11 is 0. The van der Waals surface area contributed by atoms with Gasteiger partial charge in [0.1, 0.15) is 33.8 Å². The normalized spacial score (nSPS) is 12.0. The van der Waals surface area contributed by atoms with E-state index >= 15 is 0 Å². The van der Waals surface area contributed by atoms with E-state index < -0.39 is 0 Å². The molecule has 0 saturated heterocycles. The minimum atomic E-state index is 0.223. The smallest absolute Gasteiger partial charge is 0.144 e. The molecule has 0 aliphatic heterocycles. The third-order valence-corrected chi connectivity index (χ3v) is 8.34. The predicted molar refractivity (Wildman–Crippen MR) is 170 cm³/mol. The van der Waals surface area contributed by atoms with Gasteiger partial charge in [-0.2, -0.15) is 0 Å². The number of hydrogen-bond donors (Lipinski definition) is 2. The Morgan fingerprint density at radius 1 is 0.405 bits per heavy atom. The van der Waals surface area contributed by atoms with Crippen molar-refractivity contribution in [2.24, 2.45) is 0 Å². The van der Waals surface area contributed by atoms with Crippen LogP contribution in [-0.2, 0) is 0 Å². The van der Waals surface area contributed by atoms with Gasteiger partial charge in [0, 0.05) is 32.7 Å². The van der Waals surface area contributed by atoms with E-state index in [9.17, 15) is 10.2 Å². The molecule has 2 aromatic heterocycles. The number of phenols is 2. The number of fused-ring (bicyclic) bond motifs is 8. The van der Waals surface area contributed by atoms with Crippen LogP contribution in [0.5, 0.6) is 11.5 Å². The van der Waals surface area contributed by atoms with Crippen LogP contribution in [0.15, 0.2) is 130 Å². The fourth-order valence-corrected chi connectivity index (χ4v) is 6.49. The monoisotopic (exact) mass is 542 g/mol. The quantitative estimate of drug-likeness (QED) is 0.228. The van der Waals surface area contributed by atoms with Crippen molar-refractivity contribution in [2.45, 2.75) is 0 Å². The van der Waals surface area contributed by atoms with Crippen molar-refractivity contribution in [2.75, 3.05) is 0 Å². The molecule has 0 aliphatic carbocycles. The van der Waals surface area contributed by atoms with Crippen molar-refractivity contribution in [1.29, 1.82) is 0 Å². The lowest BCUT2D eigenvalue weighted by atomic mass is 9.90. The largest absolute Gasteiger partial charge is 0.508 e. The number of furan rings is 2. The van der Waals surface area contributed by atoms with Crippen molar-refractivity contribution >= 4 is 65.4 Å². The van der Waals surface area contributed by atoms with Crippen LogP contribution in [0.4, 0.5) is 0 Å². The Morgan fingerprint density at radius 3 is 1.26 bits per heavy atom. The molecule has 4 heteroatoms. The number of rotatable bonds is 2. The van der Waals surface area contributed by atoms with E-state index in [1.54, 1.807) is 24.3 Å². The SMILES string of the molecule is Oc1ccc2cc3oc4c(-c5ccccc5)c5c(oc6cc7ccc(O)cc7cc65)c(-c5ccccc5)c4c3cc2c1. The summed E-state index contributed by atoms with van der Waals surface area (Å²) in [6, 6.07) is 39.6. The average molecular weight is 543 g/mol. The average Bonchev–Trinajstić information content (AvgIpc) is 3.56. The molecule has 9 aromatic rings. The van der Waals surface area contributed by atoms with Crippen LogP contribution in [0, 0.1) is 0 Å². The fourth-order valence-electron chi connectivity index (χ4n) is 6.49. The highest BCUT2D eigenvalue weighted by Crippen LogP contribution is 2.51. The Bertz CT molecular complexity index is 2340. The summed E-state index contributed by atoms with van der Waals surface area (Å²) in [5.74, 6) is 0.446. The second-order valence-electron chi connectivity index (χ2n) is 10.9. The Kier molecular flexibility index (Phi) is 4.59. The minimum Gasteiger partial charge on any atom is -0.508 e. The second kappa shape index (κ2) is 8.38. The van der Waals surface area contributed by atoms with Gasteiger partial charge in [-0.05, 0) is 81.2 Å². The van der Waals surface area contributed by atoms with Crippen LogP contribution in [0.3, 0.4) is 0 Å². The number of benzene rings is 7. The van der Waals surface area contributed by atoms with Crippen LogP contribution in [0.1, 0.15) is 0 Å². The van der Waals surface area contributed by atoms with Gasteiger partial charge in [0.05, 0.1) is 0 Å². The molecule has 0 bridgehead atoms. The lowest BCUT2D eigenvalue weighted by Gasteiger charge is -2.11. The van der Waals surface area contributed by atoms with Gasteiger partial charge in [0.15, 0.2) is 0 Å². The highest BCUT2D eigenvalue weighted by Gasteiger charge is 2.27. The Labute approximate surface area is 239 Å².